The number of aryl methyl sites for hydroxylation is 1. The molecule has 3 aromatic heterocycles. The van der Waals surface area contributed by atoms with Gasteiger partial charge in [-0.15, -0.1) is 0 Å². The standard InChI is InChI=1S/C26H26N6/c1-17-4-2-3-5-19(17)22-15-28-9-8-20(22)25-30-23-16-29-14-21(18-6-7-18)24(23)26(31-25)32-12-10-27-11-13-32/h2-5,8-9,14-16,18,27H,6-7,10-13H2,1H3. The molecular weight excluding hydrogens is 396 g/mol. The third-order valence-corrected chi connectivity index (χ3v) is 6.55. The summed E-state index contributed by atoms with van der Waals surface area (Å²) in [4.78, 5) is 21.6. The van der Waals surface area contributed by atoms with E-state index < -0.39 is 0 Å². The lowest BCUT2D eigenvalue weighted by Gasteiger charge is -2.30. The van der Waals surface area contributed by atoms with E-state index in [2.05, 4.69) is 51.4 Å². The lowest BCUT2D eigenvalue weighted by Crippen LogP contribution is -2.44. The Morgan fingerprint density at radius 2 is 1.72 bits per heavy atom. The predicted molar refractivity (Wildman–Crippen MR) is 128 cm³/mol. The molecule has 32 heavy (non-hydrogen) atoms. The number of anilines is 1. The van der Waals surface area contributed by atoms with Crippen LogP contribution in [0.5, 0.6) is 0 Å². The van der Waals surface area contributed by atoms with E-state index in [0.717, 1.165) is 60.0 Å². The van der Waals surface area contributed by atoms with E-state index in [1.807, 2.05) is 30.9 Å². The Hall–Kier alpha value is -3.38. The molecule has 4 heterocycles. The van der Waals surface area contributed by atoms with Crippen molar-refractivity contribution in [3.05, 3.63) is 66.2 Å². The largest absolute Gasteiger partial charge is 0.353 e. The monoisotopic (exact) mass is 422 g/mol. The molecule has 2 fully saturated rings. The first-order chi connectivity index (χ1) is 15.8. The molecule has 1 saturated carbocycles. The van der Waals surface area contributed by atoms with Crippen molar-refractivity contribution >= 4 is 16.7 Å². The molecule has 0 radical (unpaired) electrons. The maximum atomic E-state index is 5.21. The van der Waals surface area contributed by atoms with E-state index in [1.54, 1.807) is 0 Å². The fourth-order valence-electron chi connectivity index (χ4n) is 4.70. The number of hydrogen-bond acceptors (Lipinski definition) is 6. The molecule has 6 heteroatoms. The summed E-state index contributed by atoms with van der Waals surface area (Å²) in [6, 6.07) is 10.4. The summed E-state index contributed by atoms with van der Waals surface area (Å²) < 4.78 is 0. The quantitative estimate of drug-likeness (QED) is 0.527. The van der Waals surface area contributed by atoms with Gasteiger partial charge in [0.1, 0.15) is 5.82 Å². The lowest BCUT2D eigenvalue weighted by molar-refractivity contribution is 0.586. The molecule has 0 bridgehead atoms. The van der Waals surface area contributed by atoms with Crippen LogP contribution in [0.15, 0.2) is 55.1 Å². The number of hydrogen-bond donors (Lipinski definition) is 1. The Kier molecular flexibility index (Phi) is 4.80. The van der Waals surface area contributed by atoms with Crippen molar-refractivity contribution in [2.45, 2.75) is 25.7 Å². The van der Waals surface area contributed by atoms with Crippen molar-refractivity contribution in [3.63, 3.8) is 0 Å². The van der Waals surface area contributed by atoms with Gasteiger partial charge in [0.2, 0.25) is 0 Å². The van der Waals surface area contributed by atoms with Gasteiger partial charge in [-0.25, -0.2) is 9.97 Å². The Bertz CT molecular complexity index is 1290. The van der Waals surface area contributed by atoms with E-state index in [0.29, 0.717) is 5.92 Å². The molecule has 1 N–H and O–H groups in total. The van der Waals surface area contributed by atoms with Crippen molar-refractivity contribution in [3.8, 4) is 22.5 Å². The third kappa shape index (κ3) is 3.41. The van der Waals surface area contributed by atoms with Gasteiger partial charge in [-0.1, -0.05) is 24.3 Å². The van der Waals surface area contributed by atoms with Gasteiger partial charge in [0.15, 0.2) is 5.82 Å². The summed E-state index contributed by atoms with van der Waals surface area (Å²) in [5.74, 6) is 2.37. The second-order valence-corrected chi connectivity index (χ2v) is 8.74. The maximum Gasteiger partial charge on any atom is 0.162 e. The highest BCUT2D eigenvalue weighted by atomic mass is 15.2. The minimum absolute atomic E-state index is 0.589. The van der Waals surface area contributed by atoms with E-state index in [-0.39, 0.29) is 0 Å². The smallest absolute Gasteiger partial charge is 0.162 e. The van der Waals surface area contributed by atoms with E-state index >= 15 is 0 Å². The molecule has 0 atom stereocenters. The van der Waals surface area contributed by atoms with Crippen LogP contribution >= 0.6 is 0 Å². The van der Waals surface area contributed by atoms with Crippen LogP contribution < -0.4 is 10.2 Å². The van der Waals surface area contributed by atoms with Gasteiger partial charge in [-0.05, 0) is 48.4 Å². The summed E-state index contributed by atoms with van der Waals surface area (Å²) >= 11 is 0. The lowest BCUT2D eigenvalue weighted by atomic mass is 9.97. The number of fused-ring (bicyclic) bond motifs is 1. The van der Waals surface area contributed by atoms with Gasteiger partial charge in [-0.3, -0.25) is 9.97 Å². The topological polar surface area (TPSA) is 66.8 Å². The Balaban J connectivity index is 1.58. The second kappa shape index (κ2) is 7.95. The van der Waals surface area contributed by atoms with Gasteiger partial charge in [0, 0.05) is 61.3 Å². The Morgan fingerprint density at radius 3 is 2.53 bits per heavy atom. The first-order valence-corrected chi connectivity index (χ1v) is 11.4. The minimum atomic E-state index is 0.589. The molecule has 1 saturated heterocycles. The molecule has 4 aromatic rings. The highest BCUT2D eigenvalue weighted by Gasteiger charge is 2.29. The van der Waals surface area contributed by atoms with Gasteiger partial charge < -0.3 is 10.2 Å². The van der Waals surface area contributed by atoms with Gasteiger partial charge >= 0.3 is 0 Å². The van der Waals surface area contributed by atoms with Crippen molar-refractivity contribution in [1.82, 2.24) is 25.3 Å². The molecule has 0 unspecified atom stereocenters. The van der Waals surface area contributed by atoms with Crippen molar-refractivity contribution < 1.29 is 0 Å². The first-order valence-electron chi connectivity index (χ1n) is 11.4. The second-order valence-electron chi connectivity index (χ2n) is 8.74. The van der Waals surface area contributed by atoms with Crippen LogP contribution in [0.25, 0.3) is 33.4 Å². The summed E-state index contributed by atoms with van der Waals surface area (Å²) in [5.41, 5.74) is 6.67. The normalized spacial score (nSPS) is 16.5. The SMILES string of the molecule is Cc1ccccc1-c1cnccc1-c1nc(N2CCNCC2)c2c(C3CC3)cncc2n1. The van der Waals surface area contributed by atoms with Crippen molar-refractivity contribution in [2.75, 3.05) is 31.1 Å². The molecule has 1 aliphatic heterocycles. The van der Waals surface area contributed by atoms with E-state index in [4.69, 9.17) is 9.97 Å². The summed E-state index contributed by atoms with van der Waals surface area (Å²) in [5, 5.41) is 4.64. The zero-order chi connectivity index (χ0) is 21.5. The third-order valence-electron chi connectivity index (χ3n) is 6.55. The molecule has 6 rings (SSSR count). The van der Waals surface area contributed by atoms with Gasteiger partial charge in [-0.2, -0.15) is 0 Å². The predicted octanol–water partition coefficient (Wildman–Crippen LogP) is 4.35. The van der Waals surface area contributed by atoms with Crippen LogP contribution in [0.2, 0.25) is 0 Å². The summed E-state index contributed by atoms with van der Waals surface area (Å²) in [6.07, 6.45) is 10.1. The van der Waals surface area contributed by atoms with Crippen LogP contribution in [-0.4, -0.2) is 46.1 Å². The number of nitrogens with one attached hydrogen (secondary N) is 1. The highest BCUT2D eigenvalue weighted by molar-refractivity contribution is 5.95. The highest BCUT2D eigenvalue weighted by Crippen LogP contribution is 2.45. The van der Waals surface area contributed by atoms with Crippen LogP contribution in [0.4, 0.5) is 5.82 Å². The molecule has 2 aliphatic rings. The minimum Gasteiger partial charge on any atom is -0.353 e. The molecular formula is C26H26N6. The van der Waals surface area contributed by atoms with Crippen LogP contribution in [0, 0.1) is 6.92 Å². The van der Waals surface area contributed by atoms with Crippen molar-refractivity contribution in [2.24, 2.45) is 0 Å². The first kappa shape index (κ1) is 19.3. The molecule has 160 valence electrons. The number of nitrogens with zero attached hydrogens (tertiary/aromatic N) is 5. The zero-order valence-corrected chi connectivity index (χ0v) is 18.3. The van der Waals surface area contributed by atoms with Crippen LogP contribution in [0.3, 0.4) is 0 Å². The number of benzene rings is 1. The average Bonchev–Trinajstić information content (AvgIpc) is 3.69. The number of rotatable bonds is 4. The number of pyridine rings is 2. The van der Waals surface area contributed by atoms with Crippen molar-refractivity contribution in [1.29, 1.82) is 0 Å². The maximum absolute atomic E-state index is 5.21. The van der Waals surface area contributed by atoms with Gasteiger partial charge in [0.25, 0.3) is 0 Å². The molecule has 1 aliphatic carbocycles. The van der Waals surface area contributed by atoms with Gasteiger partial charge in [0.05, 0.1) is 11.7 Å². The summed E-state index contributed by atoms with van der Waals surface area (Å²) in [7, 11) is 0. The molecule has 6 nitrogen and oxygen atoms in total. The zero-order valence-electron chi connectivity index (χ0n) is 18.3. The fourth-order valence-corrected chi connectivity index (χ4v) is 4.70. The number of piperazine rings is 1. The Labute approximate surface area is 187 Å². The number of aromatic nitrogens is 4. The van der Waals surface area contributed by atoms with E-state index in [1.165, 1.54) is 29.4 Å². The molecule has 0 amide bonds. The molecule has 1 aromatic carbocycles. The Morgan fingerprint density at radius 1 is 0.875 bits per heavy atom. The fraction of sp³-hybridized carbons (Fsp3) is 0.308. The van der Waals surface area contributed by atoms with Crippen LogP contribution in [-0.2, 0) is 0 Å². The van der Waals surface area contributed by atoms with Crippen LogP contribution in [0.1, 0.15) is 29.9 Å². The average molecular weight is 423 g/mol. The summed E-state index contributed by atoms with van der Waals surface area (Å²) in [6.45, 7) is 5.95. The van der Waals surface area contributed by atoms with E-state index in [9.17, 15) is 0 Å². The molecule has 0 spiro atoms.